The summed E-state index contributed by atoms with van der Waals surface area (Å²) in [5, 5.41) is 0. The Kier molecular flexibility index (Phi) is 3.52. The van der Waals surface area contributed by atoms with Gasteiger partial charge in [-0.05, 0) is 31.6 Å². The third kappa shape index (κ3) is 2.46. The van der Waals surface area contributed by atoms with Crippen LogP contribution in [0.4, 0.5) is 0 Å². The molecule has 1 nitrogen and oxygen atoms in total. The van der Waals surface area contributed by atoms with E-state index < -0.39 is 0 Å². The van der Waals surface area contributed by atoms with E-state index in [4.69, 9.17) is 0 Å². The quantitative estimate of drug-likeness (QED) is 0.623. The smallest absolute Gasteiger partial charge is 0.136 e. The molecule has 80 valence electrons. The van der Waals surface area contributed by atoms with E-state index in [0.29, 0.717) is 24.0 Å². The highest BCUT2D eigenvalue weighted by molar-refractivity contribution is 5.80. The summed E-state index contributed by atoms with van der Waals surface area (Å²) in [5.41, 5.74) is 3.19. The minimum Gasteiger partial charge on any atom is -0.299 e. The summed E-state index contributed by atoms with van der Waals surface area (Å²) in [6.45, 7) is 8.74. The van der Waals surface area contributed by atoms with Gasteiger partial charge in [0.05, 0.1) is 0 Å². The van der Waals surface area contributed by atoms with Crippen LogP contribution < -0.4 is 0 Å². The Hall–Kier alpha value is -0.590. The minimum atomic E-state index is 0.321. The number of ketones is 1. The molecule has 0 N–H and O–H groups in total. The highest BCUT2D eigenvalue weighted by Crippen LogP contribution is 2.40. The van der Waals surface area contributed by atoms with E-state index in [0.717, 1.165) is 6.42 Å². The van der Waals surface area contributed by atoms with Crippen LogP contribution in [-0.2, 0) is 4.79 Å². The maximum absolute atomic E-state index is 11.4. The lowest BCUT2D eigenvalue weighted by atomic mass is 9.72. The molecule has 0 aromatic rings. The van der Waals surface area contributed by atoms with E-state index in [1.165, 1.54) is 24.0 Å². The monoisotopic (exact) mass is 194 g/mol. The summed E-state index contributed by atoms with van der Waals surface area (Å²) in [5.74, 6) is 0.386. The molecule has 0 unspecified atom stereocenters. The average molecular weight is 194 g/mol. The van der Waals surface area contributed by atoms with E-state index in [9.17, 15) is 4.79 Å². The molecule has 0 aliphatic heterocycles. The standard InChI is InChI=1S/C13H22O/c1-5-12(14)9-11-7-6-8-13(3,4)10(11)2/h5-9H2,1-4H3. The van der Waals surface area contributed by atoms with Crippen molar-refractivity contribution in [2.24, 2.45) is 5.41 Å². The van der Waals surface area contributed by atoms with Crippen LogP contribution in [0.25, 0.3) is 0 Å². The Labute approximate surface area is 87.6 Å². The third-order valence-corrected chi connectivity index (χ3v) is 3.63. The van der Waals surface area contributed by atoms with E-state index >= 15 is 0 Å². The molecule has 0 saturated heterocycles. The lowest BCUT2D eigenvalue weighted by molar-refractivity contribution is -0.118. The van der Waals surface area contributed by atoms with Crippen molar-refractivity contribution in [3.05, 3.63) is 11.1 Å². The van der Waals surface area contributed by atoms with Gasteiger partial charge in [-0.2, -0.15) is 0 Å². The molecule has 0 amide bonds. The molecular weight excluding hydrogens is 172 g/mol. The van der Waals surface area contributed by atoms with Gasteiger partial charge in [0.2, 0.25) is 0 Å². The Bertz CT molecular complexity index is 258. The number of allylic oxidation sites excluding steroid dienone is 2. The second-order valence-corrected chi connectivity index (χ2v) is 5.03. The third-order valence-electron chi connectivity index (χ3n) is 3.63. The number of hydrogen-bond acceptors (Lipinski definition) is 1. The maximum Gasteiger partial charge on any atom is 0.136 e. The zero-order valence-electron chi connectivity index (χ0n) is 9.94. The van der Waals surface area contributed by atoms with Crippen molar-refractivity contribution in [1.29, 1.82) is 0 Å². The first kappa shape index (κ1) is 11.5. The molecule has 0 aromatic heterocycles. The molecule has 0 heterocycles. The van der Waals surface area contributed by atoms with Gasteiger partial charge in [0, 0.05) is 12.8 Å². The fourth-order valence-corrected chi connectivity index (χ4v) is 2.18. The van der Waals surface area contributed by atoms with E-state index in [2.05, 4.69) is 20.8 Å². The van der Waals surface area contributed by atoms with Gasteiger partial charge >= 0.3 is 0 Å². The van der Waals surface area contributed by atoms with Crippen molar-refractivity contribution in [3.8, 4) is 0 Å². The lowest BCUT2D eigenvalue weighted by Crippen LogP contribution is -2.20. The maximum atomic E-state index is 11.4. The zero-order valence-corrected chi connectivity index (χ0v) is 9.94. The molecule has 14 heavy (non-hydrogen) atoms. The largest absolute Gasteiger partial charge is 0.299 e. The Balaban J connectivity index is 2.80. The van der Waals surface area contributed by atoms with Crippen molar-refractivity contribution < 1.29 is 4.79 Å². The molecule has 0 radical (unpaired) electrons. The molecule has 0 fully saturated rings. The van der Waals surface area contributed by atoms with Crippen LogP contribution in [0.1, 0.15) is 59.8 Å². The summed E-state index contributed by atoms with van der Waals surface area (Å²) < 4.78 is 0. The number of hydrogen-bond donors (Lipinski definition) is 0. The van der Waals surface area contributed by atoms with Crippen molar-refractivity contribution in [1.82, 2.24) is 0 Å². The van der Waals surface area contributed by atoms with Crippen molar-refractivity contribution >= 4 is 5.78 Å². The van der Waals surface area contributed by atoms with E-state index in [1.54, 1.807) is 0 Å². The van der Waals surface area contributed by atoms with Gasteiger partial charge in [-0.25, -0.2) is 0 Å². The first-order valence-corrected chi connectivity index (χ1v) is 5.68. The van der Waals surface area contributed by atoms with Gasteiger partial charge < -0.3 is 0 Å². The van der Waals surface area contributed by atoms with Crippen LogP contribution in [-0.4, -0.2) is 5.78 Å². The topological polar surface area (TPSA) is 17.1 Å². The van der Waals surface area contributed by atoms with Gasteiger partial charge in [0.15, 0.2) is 0 Å². The predicted molar refractivity (Wildman–Crippen MR) is 60.2 cm³/mol. The fourth-order valence-electron chi connectivity index (χ4n) is 2.18. The van der Waals surface area contributed by atoms with Gasteiger partial charge in [-0.1, -0.05) is 31.9 Å². The number of rotatable bonds is 3. The molecule has 0 aromatic carbocycles. The van der Waals surface area contributed by atoms with Crippen molar-refractivity contribution in [3.63, 3.8) is 0 Å². The molecule has 1 rings (SSSR count). The summed E-state index contributed by atoms with van der Waals surface area (Å²) in [6.07, 6.45) is 5.03. The summed E-state index contributed by atoms with van der Waals surface area (Å²) in [4.78, 5) is 11.4. The second-order valence-electron chi connectivity index (χ2n) is 5.03. The van der Waals surface area contributed by atoms with Crippen LogP contribution in [0.5, 0.6) is 0 Å². The molecular formula is C13H22O. The summed E-state index contributed by atoms with van der Waals surface area (Å²) in [7, 11) is 0. The molecule has 0 saturated carbocycles. The van der Waals surface area contributed by atoms with Crippen LogP contribution >= 0.6 is 0 Å². The molecule has 0 spiro atoms. The summed E-state index contributed by atoms with van der Waals surface area (Å²) >= 11 is 0. The van der Waals surface area contributed by atoms with Gasteiger partial charge in [-0.3, -0.25) is 4.79 Å². The van der Waals surface area contributed by atoms with Crippen LogP contribution in [0.2, 0.25) is 0 Å². The molecule has 1 heteroatoms. The second kappa shape index (κ2) is 4.29. The minimum absolute atomic E-state index is 0.321. The Morgan fingerprint density at radius 2 is 2.07 bits per heavy atom. The van der Waals surface area contributed by atoms with Crippen LogP contribution in [0.15, 0.2) is 11.1 Å². The van der Waals surface area contributed by atoms with Crippen LogP contribution in [0, 0.1) is 5.41 Å². The Morgan fingerprint density at radius 1 is 1.43 bits per heavy atom. The zero-order chi connectivity index (χ0) is 10.8. The number of carbonyl (C=O) groups is 1. The highest BCUT2D eigenvalue weighted by Gasteiger charge is 2.26. The van der Waals surface area contributed by atoms with Crippen LogP contribution in [0.3, 0.4) is 0 Å². The first-order valence-electron chi connectivity index (χ1n) is 5.68. The van der Waals surface area contributed by atoms with Gasteiger partial charge in [0.25, 0.3) is 0 Å². The molecule has 0 bridgehead atoms. The highest BCUT2D eigenvalue weighted by atomic mass is 16.1. The predicted octanol–water partition coefficient (Wildman–Crippen LogP) is 3.88. The average Bonchev–Trinajstić information content (AvgIpc) is 2.12. The molecule has 1 aliphatic rings. The SMILES string of the molecule is CCC(=O)CC1=C(C)C(C)(C)CCC1. The van der Waals surface area contributed by atoms with Gasteiger partial charge in [0.1, 0.15) is 5.78 Å². The lowest BCUT2D eigenvalue weighted by Gasteiger charge is -2.33. The van der Waals surface area contributed by atoms with Crippen molar-refractivity contribution in [2.45, 2.75) is 59.8 Å². The molecule has 0 atom stereocenters. The fraction of sp³-hybridized carbons (Fsp3) is 0.769. The van der Waals surface area contributed by atoms with E-state index in [1.807, 2.05) is 6.92 Å². The first-order chi connectivity index (χ1) is 6.47. The summed E-state index contributed by atoms with van der Waals surface area (Å²) in [6, 6.07) is 0. The number of carbonyl (C=O) groups excluding carboxylic acids is 1. The molecule has 1 aliphatic carbocycles. The number of Topliss-reactive ketones (excluding diaryl/α,β-unsaturated/α-hetero) is 1. The normalized spacial score (nSPS) is 21.1. The van der Waals surface area contributed by atoms with Crippen molar-refractivity contribution in [2.75, 3.05) is 0 Å². The van der Waals surface area contributed by atoms with Gasteiger partial charge in [-0.15, -0.1) is 0 Å². The van der Waals surface area contributed by atoms with E-state index in [-0.39, 0.29) is 0 Å². The Morgan fingerprint density at radius 3 is 2.64 bits per heavy atom.